The molecule has 0 saturated heterocycles. The number of anilines is 1. The summed E-state index contributed by atoms with van der Waals surface area (Å²) in [5.74, 6) is -0.525. The van der Waals surface area contributed by atoms with Gasteiger partial charge in [0, 0.05) is 16.6 Å². The van der Waals surface area contributed by atoms with Gasteiger partial charge in [-0.15, -0.1) is 0 Å². The van der Waals surface area contributed by atoms with Gasteiger partial charge in [-0.05, 0) is 48.4 Å². The molecule has 1 heterocycles. The van der Waals surface area contributed by atoms with Gasteiger partial charge in [0.25, 0.3) is 0 Å². The van der Waals surface area contributed by atoms with Crippen LogP contribution in [0.25, 0.3) is 11.1 Å². The average molecular weight is 361 g/mol. The third kappa shape index (κ3) is 3.46. The Hall–Kier alpha value is -2.34. The largest absolute Gasteiger partial charge is 0.417 e. The van der Waals surface area contributed by atoms with Gasteiger partial charge in [-0.25, -0.2) is 4.79 Å². The van der Waals surface area contributed by atoms with Gasteiger partial charge in [0.05, 0.1) is 5.52 Å². The molecule has 0 atom stereocenters. The molecular formula is C16H13BrN2O3. The maximum absolute atomic E-state index is 11.9. The number of oxazole rings is 1. The fourth-order valence-electron chi connectivity index (χ4n) is 2.17. The lowest BCUT2D eigenvalue weighted by Crippen LogP contribution is -2.12. The molecule has 0 saturated carbocycles. The van der Waals surface area contributed by atoms with Gasteiger partial charge in [0.15, 0.2) is 5.58 Å². The number of carbonyl (C=O) groups is 1. The minimum absolute atomic E-state index is 0.0527. The minimum atomic E-state index is -0.472. The maximum Gasteiger partial charge on any atom is 0.417 e. The lowest BCUT2D eigenvalue weighted by Gasteiger charge is -2.05. The van der Waals surface area contributed by atoms with E-state index >= 15 is 0 Å². The Morgan fingerprint density at radius 3 is 2.73 bits per heavy atom. The number of halogens is 1. The second kappa shape index (κ2) is 6.19. The summed E-state index contributed by atoms with van der Waals surface area (Å²) in [5.41, 5.74) is 2.90. The predicted molar refractivity (Wildman–Crippen MR) is 87.9 cm³/mol. The number of hydrogen-bond acceptors (Lipinski definition) is 3. The molecule has 3 aromatic rings. The summed E-state index contributed by atoms with van der Waals surface area (Å²) in [4.78, 5) is 25.6. The highest BCUT2D eigenvalue weighted by molar-refractivity contribution is 9.10. The number of benzene rings is 2. The number of amides is 1. The molecule has 1 aromatic heterocycles. The van der Waals surface area contributed by atoms with Crippen LogP contribution in [0.1, 0.15) is 12.0 Å². The van der Waals surface area contributed by atoms with Gasteiger partial charge >= 0.3 is 5.76 Å². The molecule has 1 amide bonds. The molecule has 112 valence electrons. The van der Waals surface area contributed by atoms with E-state index in [1.807, 2.05) is 36.4 Å². The van der Waals surface area contributed by atoms with E-state index < -0.39 is 5.76 Å². The van der Waals surface area contributed by atoms with Crippen LogP contribution in [0.15, 0.2) is 56.1 Å². The van der Waals surface area contributed by atoms with Crippen LogP contribution < -0.4 is 11.1 Å². The fourth-order valence-corrected chi connectivity index (χ4v) is 2.43. The second-order valence-electron chi connectivity index (χ2n) is 4.90. The number of fused-ring (bicyclic) bond motifs is 1. The normalized spacial score (nSPS) is 10.8. The van der Waals surface area contributed by atoms with Crippen LogP contribution >= 0.6 is 15.9 Å². The van der Waals surface area contributed by atoms with Crippen LogP contribution in [0.4, 0.5) is 5.69 Å². The van der Waals surface area contributed by atoms with Crippen LogP contribution in [0, 0.1) is 0 Å². The number of H-pyrrole nitrogens is 1. The number of aromatic amines is 1. The van der Waals surface area contributed by atoms with Crippen LogP contribution in [0.3, 0.4) is 0 Å². The van der Waals surface area contributed by atoms with E-state index in [1.165, 1.54) is 0 Å². The molecule has 0 unspecified atom stereocenters. The zero-order valence-electron chi connectivity index (χ0n) is 11.6. The Morgan fingerprint density at radius 1 is 1.18 bits per heavy atom. The first-order valence-corrected chi connectivity index (χ1v) is 7.56. The Morgan fingerprint density at radius 2 is 1.95 bits per heavy atom. The molecule has 5 nitrogen and oxygen atoms in total. The first-order chi connectivity index (χ1) is 10.6. The zero-order valence-corrected chi connectivity index (χ0v) is 13.1. The van der Waals surface area contributed by atoms with Crippen molar-refractivity contribution in [1.82, 2.24) is 4.98 Å². The number of nitrogens with one attached hydrogen (secondary N) is 2. The van der Waals surface area contributed by atoms with Crippen molar-refractivity contribution >= 4 is 38.6 Å². The second-order valence-corrected chi connectivity index (χ2v) is 5.82. The molecule has 2 N–H and O–H groups in total. The van der Waals surface area contributed by atoms with Crippen LogP contribution in [0.2, 0.25) is 0 Å². The first-order valence-electron chi connectivity index (χ1n) is 6.77. The molecule has 0 aliphatic carbocycles. The van der Waals surface area contributed by atoms with Crippen molar-refractivity contribution in [3.05, 3.63) is 63.1 Å². The standard InChI is InChI=1S/C16H13BrN2O3/c17-11-3-5-12(6-4-11)18-15(20)8-2-10-1-7-14-13(9-10)19-16(21)22-14/h1,3-7,9H,2,8H2,(H,18,20)(H,19,21). The molecule has 2 aromatic carbocycles. The molecule has 0 aliphatic heterocycles. The van der Waals surface area contributed by atoms with Gasteiger partial charge in [-0.3, -0.25) is 9.78 Å². The van der Waals surface area contributed by atoms with E-state index in [1.54, 1.807) is 6.07 Å². The number of aromatic nitrogens is 1. The minimum Gasteiger partial charge on any atom is -0.408 e. The van der Waals surface area contributed by atoms with E-state index in [-0.39, 0.29) is 5.91 Å². The summed E-state index contributed by atoms with van der Waals surface area (Å²) in [6, 6.07) is 12.8. The third-order valence-corrected chi connectivity index (χ3v) is 3.78. The fraction of sp³-hybridized carbons (Fsp3) is 0.125. The molecule has 0 bridgehead atoms. The number of hydrogen-bond donors (Lipinski definition) is 2. The van der Waals surface area contributed by atoms with E-state index in [2.05, 4.69) is 26.2 Å². The molecule has 22 heavy (non-hydrogen) atoms. The van der Waals surface area contributed by atoms with Crippen molar-refractivity contribution in [3.8, 4) is 0 Å². The van der Waals surface area contributed by atoms with E-state index in [9.17, 15) is 9.59 Å². The maximum atomic E-state index is 11.9. The molecule has 0 aliphatic rings. The van der Waals surface area contributed by atoms with Crippen molar-refractivity contribution in [3.63, 3.8) is 0 Å². The first kappa shape index (κ1) is 14.6. The summed E-state index contributed by atoms with van der Waals surface area (Å²) < 4.78 is 5.91. The summed E-state index contributed by atoms with van der Waals surface area (Å²) in [6.45, 7) is 0. The summed E-state index contributed by atoms with van der Waals surface area (Å²) in [5, 5.41) is 2.84. The molecule has 3 rings (SSSR count). The Balaban J connectivity index is 1.61. The van der Waals surface area contributed by atoms with Gasteiger partial charge in [0.1, 0.15) is 0 Å². The van der Waals surface area contributed by atoms with Crippen molar-refractivity contribution < 1.29 is 9.21 Å². The van der Waals surface area contributed by atoms with Gasteiger partial charge in [0.2, 0.25) is 5.91 Å². The Bertz CT molecular complexity index is 865. The van der Waals surface area contributed by atoms with Crippen molar-refractivity contribution in [1.29, 1.82) is 0 Å². The summed E-state index contributed by atoms with van der Waals surface area (Å²) in [7, 11) is 0. The molecule has 0 spiro atoms. The van der Waals surface area contributed by atoms with Crippen molar-refractivity contribution in [2.24, 2.45) is 0 Å². The lowest BCUT2D eigenvalue weighted by atomic mass is 10.1. The zero-order chi connectivity index (χ0) is 15.5. The molecule has 6 heteroatoms. The van der Waals surface area contributed by atoms with Gasteiger partial charge < -0.3 is 9.73 Å². The van der Waals surface area contributed by atoms with Crippen LogP contribution in [-0.4, -0.2) is 10.9 Å². The van der Waals surface area contributed by atoms with Crippen LogP contribution in [0.5, 0.6) is 0 Å². The van der Waals surface area contributed by atoms with Crippen LogP contribution in [-0.2, 0) is 11.2 Å². The SMILES string of the molecule is O=C(CCc1ccc2oc(=O)[nH]c2c1)Nc1ccc(Br)cc1. The summed E-state index contributed by atoms with van der Waals surface area (Å²) >= 11 is 3.35. The van der Waals surface area contributed by atoms with Crippen molar-refractivity contribution in [2.75, 3.05) is 5.32 Å². The van der Waals surface area contributed by atoms with E-state index in [0.717, 1.165) is 15.7 Å². The number of carbonyl (C=O) groups excluding carboxylic acids is 1. The highest BCUT2D eigenvalue weighted by Crippen LogP contribution is 2.16. The quantitative estimate of drug-likeness (QED) is 0.747. The summed E-state index contributed by atoms with van der Waals surface area (Å²) in [6.07, 6.45) is 0.954. The Kier molecular flexibility index (Phi) is 4.11. The van der Waals surface area contributed by atoms with Crippen molar-refractivity contribution in [2.45, 2.75) is 12.8 Å². The average Bonchev–Trinajstić information content (AvgIpc) is 2.87. The van der Waals surface area contributed by atoms with E-state index in [4.69, 9.17) is 4.42 Å². The van der Waals surface area contributed by atoms with Gasteiger partial charge in [-0.2, -0.15) is 0 Å². The predicted octanol–water partition coefficient (Wildman–Crippen LogP) is 3.45. The van der Waals surface area contributed by atoms with E-state index in [0.29, 0.717) is 23.9 Å². The van der Waals surface area contributed by atoms with Gasteiger partial charge in [-0.1, -0.05) is 22.0 Å². The molecular weight excluding hydrogens is 348 g/mol. The smallest absolute Gasteiger partial charge is 0.408 e. The number of aryl methyl sites for hydroxylation is 1. The number of rotatable bonds is 4. The highest BCUT2D eigenvalue weighted by Gasteiger charge is 2.06. The Labute approximate surface area is 134 Å². The monoisotopic (exact) mass is 360 g/mol. The lowest BCUT2D eigenvalue weighted by molar-refractivity contribution is -0.116. The molecule has 0 radical (unpaired) electrons. The molecule has 0 fully saturated rings. The highest BCUT2D eigenvalue weighted by atomic mass is 79.9. The third-order valence-electron chi connectivity index (χ3n) is 3.25. The topological polar surface area (TPSA) is 75.1 Å².